The van der Waals surface area contributed by atoms with Crippen LogP contribution in [0.25, 0.3) is 11.5 Å². The Kier molecular flexibility index (Phi) is 4.27. The third-order valence-corrected chi connectivity index (χ3v) is 6.36. The minimum atomic E-state index is -0.177. The molecule has 1 aliphatic carbocycles. The molecule has 2 aliphatic rings. The quantitative estimate of drug-likeness (QED) is 0.609. The number of halogens is 1. The van der Waals surface area contributed by atoms with E-state index >= 15 is 0 Å². The molecule has 0 unspecified atom stereocenters. The zero-order valence-corrected chi connectivity index (χ0v) is 16.9. The van der Waals surface area contributed by atoms with Crippen LogP contribution >= 0.6 is 15.9 Å². The topological polar surface area (TPSA) is 72.1 Å². The van der Waals surface area contributed by atoms with Crippen molar-refractivity contribution in [2.75, 3.05) is 13.1 Å². The molecule has 1 saturated heterocycles. The monoisotopic (exact) mass is 438 g/mol. The summed E-state index contributed by atoms with van der Waals surface area (Å²) in [5, 5.41) is 4.29. The number of hydrogen-bond acceptors (Lipinski definition) is 5. The first-order valence-electron chi connectivity index (χ1n) is 9.52. The fourth-order valence-electron chi connectivity index (χ4n) is 3.80. The van der Waals surface area contributed by atoms with E-state index in [-0.39, 0.29) is 11.3 Å². The average molecular weight is 439 g/mol. The SMILES string of the molecule is O=C(c1ccc(-c2nc(C3(c4ccc(Br)cc4)CCC3)no2)cn1)N1CCC1. The maximum atomic E-state index is 12.2. The minimum absolute atomic E-state index is 0.0207. The Labute approximate surface area is 171 Å². The Morgan fingerprint density at radius 1 is 1.07 bits per heavy atom. The molecule has 28 heavy (non-hydrogen) atoms. The van der Waals surface area contributed by atoms with Crippen molar-refractivity contribution in [2.24, 2.45) is 0 Å². The van der Waals surface area contributed by atoms with Crippen LogP contribution in [0, 0.1) is 0 Å². The summed E-state index contributed by atoms with van der Waals surface area (Å²) in [6.45, 7) is 1.63. The van der Waals surface area contributed by atoms with Crippen molar-refractivity contribution >= 4 is 21.8 Å². The summed E-state index contributed by atoms with van der Waals surface area (Å²) < 4.78 is 6.61. The number of pyridine rings is 1. The van der Waals surface area contributed by atoms with E-state index in [1.807, 2.05) is 18.2 Å². The summed E-state index contributed by atoms with van der Waals surface area (Å²) in [5.41, 5.74) is 2.21. The van der Waals surface area contributed by atoms with Gasteiger partial charge in [-0.3, -0.25) is 9.78 Å². The van der Waals surface area contributed by atoms with Crippen LogP contribution in [0.5, 0.6) is 0 Å². The maximum absolute atomic E-state index is 12.2. The number of amides is 1. The molecule has 142 valence electrons. The molecule has 1 aromatic carbocycles. The van der Waals surface area contributed by atoms with E-state index in [2.05, 4.69) is 43.2 Å². The van der Waals surface area contributed by atoms with Crippen molar-refractivity contribution in [3.8, 4) is 11.5 Å². The average Bonchev–Trinajstić information content (AvgIpc) is 3.11. The van der Waals surface area contributed by atoms with Gasteiger partial charge in [0, 0.05) is 23.8 Å². The van der Waals surface area contributed by atoms with Crippen molar-refractivity contribution in [1.82, 2.24) is 20.0 Å². The van der Waals surface area contributed by atoms with Gasteiger partial charge in [0.25, 0.3) is 11.8 Å². The lowest BCUT2D eigenvalue weighted by molar-refractivity contribution is 0.0645. The molecule has 2 fully saturated rings. The normalized spacial score (nSPS) is 17.7. The second-order valence-electron chi connectivity index (χ2n) is 7.44. The number of nitrogens with zero attached hydrogens (tertiary/aromatic N) is 4. The maximum Gasteiger partial charge on any atom is 0.272 e. The molecule has 3 heterocycles. The fourth-order valence-corrected chi connectivity index (χ4v) is 4.07. The van der Waals surface area contributed by atoms with Gasteiger partial charge in [0.1, 0.15) is 5.69 Å². The van der Waals surface area contributed by atoms with Crippen LogP contribution in [-0.4, -0.2) is 39.0 Å². The molecule has 0 radical (unpaired) electrons. The van der Waals surface area contributed by atoms with Gasteiger partial charge in [-0.05, 0) is 49.1 Å². The zero-order chi connectivity index (χ0) is 19.1. The molecule has 3 aromatic rings. The number of carbonyl (C=O) groups is 1. The summed E-state index contributed by atoms with van der Waals surface area (Å²) in [6, 6.07) is 11.9. The van der Waals surface area contributed by atoms with Crippen LogP contribution in [-0.2, 0) is 5.41 Å². The van der Waals surface area contributed by atoms with Crippen molar-refractivity contribution < 1.29 is 9.32 Å². The lowest BCUT2D eigenvalue weighted by Gasteiger charge is -2.39. The Morgan fingerprint density at radius 2 is 1.86 bits per heavy atom. The van der Waals surface area contributed by atoms with Crippen LogP contribution < -0.4 is 0 Å². The van der Waals surface area contributed by atoms with Gasteiger partial charge in [0.05, 0.1) is 11.0 Å². The van der Waals surface area contributed by atoms with Crippen molar-refractivity contribution in [1.29, 1.82) is 0 Å². The molecule has 0 spiro atoms. The predicted octanol–water partition coefficient (Wildman–Crippen LogP) is 4.21. The molecule has 1 amide bonds. The summed E-state index contributed by atoms with van der Waals surface area (Å²) >= 11 is 3.49. The summed E-state index contributed by atoms with van der Waals surface area (Å²) in [7, 11) is 0. The Bertz CT molecular complexity index is 1010. The molecule has 2 aromatic heterocycles. The summed E-state index contributed by atoms with van der Waals surface area (Å²) in [4.78, 5) is 23.0. The predicted molar refractivity (Wildman–Crippen MR) is 107 cm³/mol. The Morgan fingerprint density at radius 3 is 2.43 bits per heavy atom. The van der Waals surface area contributed by atoms with Crippen LogP contribution in [0.2, 0.25) is 0 Å². The first-order valence-corrected chi connectivity index (χ1v) is 10.3. The Hall–Kier alpha value is -2.54. The third kappa shape index (κ3) is 2.85. The van der Waals surface area contributed by atoms with Crippen LogP contribution in [0.3, 0.4) is 0 Å². The van der Waals surface area contributed by atoms with Gasteiger partial charge in [0.15, 0.2) is 5.82 Å². The number of benzene rings is 1. The van der Waals surface area contributed by atoms with E-state index in [4.69, 9.17) is 4.52 Å². The molecular weight excluding hydrogens is 420 g/mol. The van der Waals surface area contributed by atoms with E-state index in [0.29, 0.717) is 11.6 Å². The van der Waals surface area contributed by atoms with Gasteiger partial charge in [-0.1, -0.05) is 39.6 Å². The molecule has 5 rings (SSSR count). The largest absolute Gasteiger partial charge is 0.337 e. The van der Waals surface area contributed by atoms with E-state index < -0.39 is 0 Å². The number of hydrogen-bond donors (Lipinski definition) is 0. The van der Waals surface area contributed by atoms with Crippen molar-refractivity contribution in [2.45, 2.75) is 31.1 Å². The fraction of sp³-hybridized carbons (Fsp3) is 0.333. The molecule has 1 saturated carbocycles. The Balaban J connectivity index is 1.41. The highest BCUT2D eigenvalue weighted by atomic mass is 79.9. The molecule has 6 nitrogen and oxygen atoms in total. The number of aromatic nitrogens is 3. The van der Waals surface area contributed by atoms with Gasteiger partial charge in [-0.25, -0.2) is 0 Å². The first-order chi connectivity index (χ1) is 13.7. The highest BCUT2D eigenvalue weighted by molar-refractivity contribution is 9.10. The number of likely N-dealkylation sites (tertiary alicyclic amines) is 1. The van der Waals surface area contributed by atoms with Gasteiger partial charge < -0.3 is 9.42 Å². The second kappa shape index (κ2) is 6.81. The van der Waals surface area contributed by atoms with Gasteiger partial charge in [-0.15, -0.1) is 0 Å². The number of carbonyl (C=O) groups excluding carboxylic acids is 1. The highest BCUT2D eigenvalue weighted by Gasteiger charge is 2.44. The van der Waals surface area contributed by atoms with Gasteiger partial charge in [0.2, 0.25) is 0 Å². The van der Waals surface area contributed by atoms with E-state index in [9.17, 15) is 4.79 Å². The van der Waals surface area contributed by atoms with Crippen LogP contribution in [0.15, 0.2) is 51.6 Å². The molecule has 0 atom stereocenters. The lowest BCUT2D eigenvalue weighted by atomic mass is 9.64. The van der Waals surface area contributed by atoms with E-state index in [1.165, 1.54) is 5.56 Å². The van der Waals surface area contributed by atoms with Crippen LogP contribution in [0.1, 0.15) is 47.6 Å². The van der Waals surface area contributed by atoms with Gasteiger partial charge >= 0.3 is 0 Å². The molecule has 7 heteroatoms. The summed E-state index contributed by atoms with van der Waals surface area (Å²) in [5.74, 6) is 1.14. The van der Waals surface area contributed by atoms with Crippen molar-refractivity contribution in [3.05, 3.63) is 64.1 Å². The molecular formula is C21H19BrN4O2. The summed E-state index contributed by atoms with van der Waals surface area (Å²) in [6.07, 6.45) is 5.87. The van der Waals surface area contributed by atoms with E-state index in [0.717, 1.165) is 54.6 Å². The minimum Gasteiger partial charge on any atom is -0.337 e. The molecule has 0 N–H and O–H groups in total. The van der Waals surface area contributed by atoms with E-state index in [1.54, 1.807) is 17.2 Å². The first kappa shape index (κ1) is 17.6. The molecule has 0 bridgehead atoms. The lowest BCUT2D eigenvalue weighted by Crippen LogP contribution is -2.42. The standard InChI is InChI=1S/C21H19BrN4O2/c22-16-6-4-15(5-7-16)21(9-1-10-21)20-24-18(28-25-20)14-3-8-17(23-13-14)19(27)26-11-2-12-26/h3-8,13H,1-2,9-12H2. The number of rotatable bonds is 4. The van der Waals surface area contributed by atoms with Gasteiger partial charge in [-0.2, -0.15) is 4.98 Å². The zero-order valence-electron chi connectivity index (χ0n) is 15.3. The third-order valence-electron chi connectivity index (χ3n) is 5.83. The smallest absolute Gasteiger partial charge is 0.272 e. The molecule has 1 aliphatic heterocycles. The van der Waals surface area contributed by atoms with Crippen LogP contribution in [0.4, 0.5) is 0 Å². The van der Waals surface area contributed by atoms with Crippen molar-refractivity contribution in [3.63, 3.8) is 0 Å². The second-order valence-corrected chi connectivity index (χ2v) is 8.36. The highest BCUT2D eigenvalue weighted by Crippen LogP contribution is 2.48.